The van der Waals surface area contributed by atoms with E-state index >= 15 is 0 Å². The van der Waals surface area contributed by atoms with E-state index in [1.165, 1.54) is 10.9 Å². The maximum Gasteiger partial charge on any atom is 0.226 e. The number of hydrogen-bond donors (Lipinski definition) is 5. The van der Waals surface area contributed by atoms with Crippen LogP contribution in [0.1, 0.15) is 23.8 Å². The molecule has 1 unspecified atom stereocenters. The van der Waals surface area contributed by atoms with E-state index < -0.39 is 31.1 Å². The Bertz CT molecular complexity index is 1440. The van der Waals surface area contributed by atoms with E-state index in [0.717, 1.165) is 11.1 Å². The van der Waals surface area contributed by atoms with E-state index in [-0.39, 0.29) is 36.5 Å². The molecule has 0 spiro atoms. The molecule has 1 fully saturated rings. The predicted molar refractivity (Wildman–Crippen MR) is 166 cm³/mol. The number of nitrogens with zero attached hydrogens (tertiary/aromatic N) is 4. The van der Waals surface area contributed by atoms with Crippen LogP contribution in [0, 0.1) is 12.3 Å². The van der Waals surface area contributed by atoms with E-state index in [9.17, 15) is 20.1 Å². The van der Waals surface area contributed by atoms with Gasteiger partial charge in [-0.25, -0.2) is 4.68 Å². The molecule has 1 aromatic carbocycles. The molecule has 46 heavy (non-hydrogen) atoms. The first-order chi connectivity index (χ1) is 22.4. The highest BCUT2D eigenvalue weighted by molar-refractivity contribution is 6.28. The monoisotopic (exact) mass is 662 g/mol. The number of benzene rings is 1. The highest BCUT2D eigenvalue weighted by Gasteiger charge is 2.44. The lowest BCUT2D eigenvalue weighted by molar-refractivity contribution is -0.122. The first-order valence-electron chi connectivity index (χ1n) is 14.8. The molecule has 1 amide bonds. The van der Waals surface area contributed by atoms with Gasteiger partial charge in [-0.3, -0.25) is 4.79 Å². The standard InChI is InChI=1S/C30H39ClN6O9/c1-2-8-42-10-12-44-14-15-45-13-11-43-9-7-24(39)32-16-20-5-3-4-6-21(20)17-33-27-22-18-34-37(28(22)36-30(31)35-27)29-26(41)25(40)23(19-38)46-29/h1,3-6,18,23,25-26,29,38,40-41H,7-17,19H2,(H,32,39)(H,33,35,36)/t23-,25-,26-,29?/m1/s1. The Balaban J connectivity index is 1.20. The molecule has 0 radical (unpaired) electrons. The molecule has 1 aliphatic rings. The second-order valence-electron chi connectivity index (χ2n) is 10.1. The van der Waals surface area contributed by atoms with Gasteiger partial charge in [-0.15, -0.1) is 6.42 Å². The fraction of sp³-hybridized carbons (Fsp3) is 0.533. The van der Waals surface area contributed by atoms with Crippen molar-refractivity contribution < 1.29 is 43.8 Å². The number of amides is 1. The Kier molecular flexibility index (Phi) is 14.4. The zero-order valence-corrected chi connectivity index (χ0v) is 26.0. The van der Waals surface area contributed by atoms with Crippen LogP contribution in [0.25, 0.3) is 11.0 Å². The third-order valence-corrected chi connectivity index (χ3v) is 7.17. The number of fused-ring (bicyclic) bond motifs is 1. The average Bonchev–Trinajstić information content (AvgIpc) is 3.60. The van der Waals surface area contributed by atoms with Crippen molar-refractivity contribution in [1.29, 1.82) is 0 Å². The Morgan fingerprint density at radius 3 is 2.28 bits per heavy atom. The van der Waals surface area contributed by atoms with Crippen LogP contribution in [0.3, 0.4) is 0 Å². The summed E-state index contributed by atoms with van der Waals surface area (Å²) in [4.78, 5) is 21.0. The van der Waals surface area contributed by atoms with Crippen molar-refractivity contribution in [2.75, 3.05) is 64.8 Å². The van der Waals surface area contributed by atoms with E-state index in [0.29, 0.717) is 63.9 Å². The Morgan fingerprint density at radius 1 is 0.978 bits per heavy atom. The van der Waals surface area contributed by atoms with Crippen LogP contribution in [-0.2, 0) is 41.6 Å². The molecule has 1 aliphatic heterocycles. The van der Waals surface area contributed by atoms with Gasteiger partial charge in [-0.2, -0.15) is 15.1 Å². The smallest absolute Gasteiger partial charge is 0.226 e. The molecule has 4 rings (SSSR count). The summed E-state index contributed by atoms with van der Waals surface area (Å²) < 4.78 is 28.3. The maximum atomic E-state index is 12.4. The Hall–Kier alpha value is -3.43. The van der Waals surface area contributed by atoms with Crippen LogP contribution in [0.4, 0.5) is 5.82 Å². The van der Waals surface area contributed by atoms with Gasteiger partial charge < -0.3 is 49.6 Å². The lowest BCUT2D eigenvalue weighted by Gasteiger charge is -2.16. The van der Waals surface area contributed by atoms with Gasteiger partial charge in [0.2, 0.25) is 11.2 Å². The largest absolute Gasteiger partial charge is 0.394 e. The van der Waals surface area contributed by atoms with Crippen LogP contribution >= 0.6 is 11.6 Å². The van der Waals surface area contributed by atoms with Crippen molar-refractivity contribution in [2.45, 2.75) is 44.1 Å². The van der Waals surface area contributed by atoms with Crippen molar-refractivity contribution in [2.24, 2.45) is 0 Å². The number of aromatic nitrogens is 4. The molecule has 250 valence electrons. The summed E-state index contributed by atoms with van der Waals surface area (Å²) in [7, 11) is 0. The zero-order valence-electron chi connectivity index (χ0n) is 25.2. The van der Waals surface area contributed by atoms with Gasteiger partial charge in [-0.05, 0) is 22.7 Å². The summed E-state index contributed by atoms with van der Waals surface area (Å²) in [5, 5.41) is 40.9. The summed E-state index contributed by atoms with van der Waals surface area (Å²) in [6.45, 7) is 3.27. The number of anilines is 1. The van der Waals surface area contributed by atoms with Crippen molar-refractivity contribution in [3.05, 3.63) is 46.9 Å². The molecule has 1 saturated heterocycles. The number of hydrogen-bond acceptors (Lipinski definition) is 13. The number of carbonyl (C=O) groups excluding carboxylic acids is 1. The Labute approximate surface area is 271 Å². The van der Waals surface area contributed by atoms with Crippen LogP contribution in [0.2, 0.25) is 5.28 Å². The average molecular weight is 663 g/mol. The topological polar surface area (TPSA) is 192 Å². The van der Waals surface area contributed by atoms with E-state index in [2.05, 4.69) is 31.6 Å². The second-order valence-corrected chi connectivity index (χ2v) is 10.5. The molecular formula is C30H39ClN6O9. The molecule has 0 bridgehead atoms. The van der Waals surface area contributed by atoms with Crippen molar-refractivity contribution in [3.63, 3.8) is 0 Å². The molecule has 4 atom stereocenters. The number of aliphatic hydroxyl groups is 3. The maximum absolute atomic E-state index is 12.4. The van der Waals surface area contributed by atoms with E-state index in [4.69, 9.17) is 41.7 Å². The van der Waals surface area contributed by atoms with Crippen LogP contribution < -0.4 is 10.6 Å². The summed E-state index contributed by atoms with van der Waals surface area (Å²) in [5.74, 6) is 2.63. The minimum atomic E-state index is -1.33. The predicted octanol–water partition coefficient (Wildman–Crippen LogP) is 0.409. The molecule has 3 aromatic rings. The summed E-state index contributed by atoms with van der Waals surface area (Å²) in [6, 6.07) is 7.62. The zero-order chi connectivity index (χ0) is 32.7. The second kappa shape index (κ2) is 18.6. The SMILES string of the molecule is C#CCOCCOCCOCCOCCC(=O)NCc1ccccc1CNc1nc(Cl)nc2c1cnn2C1O[C@H](CO)[C@@H](O)[C@H]1O. The summed E-state index contributed by atoms with van der Waals surface area (Å²) in [6.07, 6.45) is 2.13. The normalized spacial score (nSPS) is 19.4. The molecule has 0 saturated carbocycles. The molecular weight excluding hydrogens is 624 g/mol. The number of rotatable bonds is 20. The highest BCUT2D eigenvalue weighted by Crippen LogP contribution is 2.32. The fourth-order valence-electron chi connectivity index (χ4n) is 4.62. The highest BCUT2D eigenvalue weighted by atomic mass is 35.5. The van der Waals surface area contributed by atoms with E-state index in [1.54, 1.807) is 0 Å². The number of carbonyl (C=O) groups is 1. The fourth-order valence-corrected chi connectivity index (χ4v) is 4.79. The van der Waals surface area contributed by atoms with Gasteiger partial charge in [0.05, 0.1) is 64.4 Å². The van der Waals surface area contributed by atoms with Gasteiger partial charge in [0, 0.05) is 19.5 Å². The van der Waals surface area contributed by atoms with Crippen molar-refractivity contribution in [3.8, 4) is 12.3 Å². The summed E-state index contributed by atoms with van der Waals surface area (Å²) in [5.41, 5.74) is 2.10. The van der Waals surface area contributed by atoms with Gasteiger partial charge in [0.1, 0.15) is 30.7 Å². The van der Waals surface area contributed by atoms with Gasteiger partial charge in [0.15, 0.2) is 11.9 Å². The van der Waals surface area contributed by atoms with Gasteiger partial charge in [-0.1, -0.05) is 30.2 Å². The molecule has 16 heteroatoms. The van der Waals surface area contributed by atoms with Gasteiger partial charge in [0.25, 0.3) is 0 Å². The molecule has 3 heterocycles. The minimum Gasteiger partial charge on any atom is -0.394 e. The lowest BCUT2D eigenvalue weighted by atomic mass is 10.1. The number of aliphatic hydroxyl groups excluding tert-OH is 3. The molecule has 5 N–H and O–H groups in total. The lowest BCUT2D eigenvalue weighted by Crippen LogP contribution is -2.33. The first-order valence-corrected chi connectivity index (χ1v) is 15.2. The summed E-state index contributed by atoms with van der Waals surface area (Å²) >= 11 is 6.22. The van der Waals surface area contributed by atoms with Crippen LogP contribution in [-0.4, -0.2) is 119 Å². The minimum absolute atomic E-state index is 0.0646. The van der Waals surface area contributed by atoms with Crippen molar-refractivity contribution in [1.82, 2.24) is 25.1 Å². The molecule has 15 nitrogen and oxygen atoms in total. The van der Waals surface area contributed by atoms with Crippen LogP contribution in [0.15, 0.2) is 30.5 Å². The number of ether oxygens (including phenoxy) is 5. The first kappa shape index (κ1) is 35.4. The van der Waals surface area contributed by atoms with Crippen LogP contribution in [0.5, 0.6) is 0 Å². The quantitative estimate of drug-likeness (QED) is 0.0636. The number of terminal acetylenes is 1. The number of halogens is 1. The van der Waals surface area contributed by atoms with E-state index in [1.807, 2.05) is 24.3 Å². The van der Waals surface area contributed by atoms with Crippen molar-refractivity contribution >= 4 is 34.4 Å². The third kappa shape index (κ3) is 10.0. The third-order valence-electron chi connectivity index (χ3n) is 7.00. The van der Waals surface area contributed by atoms with Gasteiger partial charge >= 0.3 is 0 Å². The Morgan fingerprint density at radius 2 is 1.63 bits per heavy atom. The molecule has 2 aromatic heterocycles. The molecule has 0 aliphatic carbocycles. The number of nitrogens with one attached hydrogen (secondary N) is 2.